The van der Waals surface area contributed by atoms with E-state index in [1.54, 1.807) is 32.8 Å². The van der Waals surface area contributed by atoms with Crippen LogP contribution in [0, 0.1) is 23.7 Å². The molecule has 12 atom stereocenters. The van der Waals surface area contributed by atoms with Crippen molar-refractivity contribution in [2.45, 2.75) is 234 Å². The van der Waals surface area contributed by atoms with Crippen LogP contribution in [-0.4, -0.2) is 275 Å². The molecule has 0 aromatic carbocycles. The number of hydrogen-bond donors (Lipinski definition) is 3. The van der Waals surface area contributed by atoms with E-state index in [0.717, 1.165) is 53.2 Å². The van der Waals surface area contributed by atoms with Crippen molar-refractivity contribution in [2.24, 2.45) is 23.7 Å². The van der Waals surface area contributed by atoms with Gasteiger partial charge in [0, 0.05) is 76.1 Å². The Balaban J connectivity index is 1.38. The van der Waals surface area contributed by atoms with Crippen molar-refractivity contribution in [2.75, 3.05) is 95.7 Å². The Bertz CT molecular complexity index is 2710. The van der Waals surface area contributed by atoms with Crippen LogP contribution >= 0.6 is 23.2 Å². The molecular weight excluding hydrogens is 1250 g/mol. The molecule has 0 radical (unpaired) electrons. The Kier molecular flexibility index (Phi) is 28.7. The number of nitrogens with one attached hydrogen (secondary N) is 3. The quantitative estimate of drug-likeness (QED) is 0.264. The highest BCUT2D eigenvalue weighted by atomic mass is 35.5. The molecule has 0 aromatic rings. The van der Waals surface area contributed by atoms with Crippen LogP contribution < -0.4 is 16.0 Å². The number of alkyl halides is 2. The molecule has 3 saturated heterocycles. The maximum absolute atomic E-state index is 15.4. The van der Waals surface area contributed by atoms with Gasteiger partial charge in [0.2, 0.25) is 70.9 Å². The lowest BCUT2D eigenvalue weighted by molar-refractivity contribution is -0.156. The molecule has 0 aromatic heterocycles. The first-order chi connectivity index (χ1) is 44.4. The molecule has 4 unspecified atom stereocenters. The van der Waals surface area contributed by atoms with Crippen LogP contribution in [0.15, 0.2) is 0 Å². The SMILES string of the molecule is CC[C@H](C)[C@@H]1NC(=O)[C@H](C)N(C)C(=O)C[C@@H](C(=O)N2CCCCC2)N(C)C(=O)[C@H](C(C)C)N(C)C(=O)C2(CCCC2)NC(=O)[C@@H]2CCCN2C(=O)[C@H](CCC2CC(Cl)C(Cl)C(OC)C2)NC(=O)CN(C)C(=O)[C@H](CC2CCCCC2)N(C)C(=O)CN(C)C(=O)CN(C)C1=O. The second kappa shape index (κ2) is 34.9. The lowest BCUT2D eigenvalue weighted by Gasteiger charge is -2.42. The van der Waals surface area contributed by atoms with Gasteiger partial charge in [-0.15, -0.1) is 23.2 Å². The fraction of sp³-hybridized carbons (Fsp3) is 0.821. The highest BCUT2D eigenvalue weighted by Crippen LogP contribution is 2.38. The molecule has 3 N–H and O–H groups in total. The minimum absolute atomic E-state index is 0.0604. The lowest BCUT2D eigenvalue weighted by atomic mass is 9.82. The van der Waals surface area contributed by atoms with E-state index in [2.05, 4.69) is 16.0 Å². The zero-order valence-corrected chi connectivity index (χ0v) is 59.8. The van der Waals surface area contributed by atoms with Crippen molar-refractivity contribution in [1.82, 2.24) is 60.0 Å². The minimum atomic E-state index is -1.50. The van der Waals surface area contributed by atoms with Gasteiger partial charge in [0.15, 0.2) is 0 Å². The Morgan fingerprint density at radius 2 is 1.23 bits per heavy atom. The number of likely N-dealkylation sites (tertiary alicyclic amines) is 1. The van der Waals surface area contributed by atoms with Crippen LogP contribution in [0.25, 0.3) is 0 Å². The zero-order chi connectivity index (χ0) is 69.6. The van der Waals surface area contributed by atoms with E-state index >= 15 is 19.2 Å². The van der Waals surface area contributed by atoms with E-state index in [4.69, 9.17) is 27.9 Å². The summed E-state index contributed by atoms with van der Waals surface area (Å²) in [4.78, 5) is 188. The number of nitrogens with zero attached hydrogens (tertiary/aromatic N) is 9. The number of piperidine rings is 1. The van der Waals surface area contributed by atoms with E-state index in [1.165, 1.54) is 80.8 Å². The second-order valence-corrected chi connectivity index (χ2v) is 29.4. The van der Waals surface area contributed by atoms with Gasteiger partial charge in [-0.1, -0.05) is 79.1 Å². The molecule has 3 saturated carbocycles. The van der Waals surface area contributed by atoms with Gasteiger partial charge in [-0.3, -0.25) is 57.5 Å². The predicted octanol–water partition coefficient (Wildman–Crippen LogP) is 3.59. The van der Waals surface area contributed by atoms with Gasteiger partial charge in [-0.25, -0.2) is 0 Å². The molecule has 27 heteroatoms. The molecule has 0 bridgehead atoms. The molecule has 3 aliphatic carbocycles. The van der Waals surface area contributed by atoms with Gasteiger partial charge in [0.05, 0.1) is 42.9 Å². The molecule has 6 fully saturated rings. The standard InChI is InChI=1S/C67H110Cl2N12O13/c1-14-42(4)57-64(91)75(8)39-54(84)73(6)40-55(85)77(10)49(35-44-24-17-15-18-25-44)62(89)74(7)38-52(82)70-47(28-27-45-34-46(68)56(69)51(36-45)94-13)61(88)81-33-23-26-48(81)60(87)72-67(29-19-20-30-67)66(93)79(12)58(41(2)3)65(92)78(11)50(63(90)80-31-21-16-22-32-80)37-53(83)76(9)43(5)59(86)71-57/h41-51,56-58H,14-40H2,1-13H3,(H,70,82)(H,71,86)(H,72,87)/t42-,43-,45?,46?,47-,48-,49-,50-,51?,56?,57-,58-/m0/s1. The average Bonchev–Trinajstić information content (AvgIpc) is 1.42. The summed E-state index contributed by atoms with van der Waals surface area (Å²) in [6.45, 7) is 8.08. The summed E-state index contributed by atoms with van der Waals surface area (Å²) in [6.07, 6.45) is 10.6. The fourth-order valence-corrected chi connectivity index (χ4v) is 15.5. The second-order valence-electron chi connectivity index (χ2n) is 28.3. The number of fused-ring (bicyclic) bond motifs is 1. The summed E-state index contributed by atoms with van der Waals surface area (Å²) >= 11 is 13.4. The zero-order valence-electron chi connectivity index (χ0n) is 58.3. The summed E-state index contributed by atoms with van der Waals surface area (Å²) in [5.74, 6) is -8.11. The van der Waals surface area contributed by atoms with Crippen LogP contribution in [0.1, 0.15) is 169 Å². The number of carbonyl (C=O) groups excluding carboxylic acids is 12. The molecule has 530 valence electrons. The number of ether oxygens (including phenoxy) is 1. The van der Waals surface area contributed by atoms with Crippen molar-refractivity contribution >= 4 is 94.1 Å². The average molecular weight is 1360 g/mol. The highest BCUT2D eigenvalue weighted by Gasteiger charge is 2.51. The fourth-order valence-electron chi connectivity index (χ4n) is 14.8. The first kappa shape index (κ1) is 77.2. The highest BCUT2D eigenvalue weighted by molar-refractivity contribution is 6.30. The van der Waals surface area contributed by atoms with Gasteiger partial charge in [-0.05, 0) is 108 Å². The molecular formula is C67H110Cl2N12O13. The Hall–Kier alpha value is -5.82. The minimum Gasteiger partial charge on any atom is -0.380 e. The molecule has 3 aliphatic heterocycles. The van der Waals surface area contributed by atoms with Crippen molar-refractivity contribution < 1.29 is 62.3 Å². The van der Waals surface area contributed by atoms with Gasteiger partial charge < -0.3 is 64.8 Å². The third kappa shape index (κ3) is 19.0. The van der Waals surface area contributed by atoms with E-state index < -0.39 is 167 Å². The number of likely N-dealkylation sites (N-methyl/N-ethyl adjacent to an activating group) is 7. The third-order valence-corrected chi connectivity index (χ3v) is 22.5. The van der Waals surface area contributed by atoms with Crippen molar-refractivity contribution in [3.05, 3.63) is 0 Å². The summed E-state index contributed by atoms with van der Waals surface area (Å²) in [7, 11) is 11.6. The van der Waals surface area contributed by atoms with E-state index in [-0.39, 0.29) is 56.6 Å². The molecule has 12 amide bonds. The monoisotopic (exact) mass is 1360 g/mol. The molecule has 1 spiro atoms. The summed E-state index contributed by atoms with van der Waals surface area (Å²) in [6, 6.07) is -8.23. The molecule has 94 heavy (non-hydrogen) atoms. The predicted molar refractivity (Wildman–Crippen MR) is 355 cm³/mol. The number of methoxy groups -OCH3 is 1. The van der Waals surface area contributed by atoms with Crippen LogP contribution in [0.4, 0.5) is 0 Å². The first-order valence-corrected chi connectivity index (χ1v) is 35.4. The largest absolute Gasteiger partial charge is 0.380 e. The van der Waals surface area contributed by atoms with Crippen LogP contribution in [-0.2, 0) is 62.3 Å². The smallest absolute Gasteiger partial charge is 0.248 e. The third-order valence-electron chi connectivity index (χ3n) is 21.3. The maximum atomic E-state index is 15.4. The van der Waals surface area contributed by atoms with E-state index in [1.807, 2.05) is 6.92 Å². The topological polar surface area (TPSA) is 279 Å². The molecule has 6 rings (SSSR count). The lowest BCUT2D eigenvalue weighted by Crippen LogP contribution is -2.65. The van der Waals surface area contributed by atoms with Crippen LogP contribution in [0.5, 0.6) is 0 Å². The number of rotatable bonds is 10. The van der Waals surface area contributed by atoms with E-state index in [9.17, 15) is 38.4 Å². The van der Waals surface area contributed by atoms with Crippen LogP contribution in [0.3, 0.4) is 0 Å². The van der Waals surface area contributed by atoms with E-state index in [0.29, 0.717) is 70.9 Å². The number of carbonyl (C=O) groups is 12. The van der Waals surface area contributed by atoms with Crippen LogP contribution in [0.2, 0.25) is 0 Å². The Morgan fingerprint density at radius 1 is 0.617 bits per heavy atom. The van der Waals surface area contributed by atoms with Crippen molar-refractivity contribution in [3.63, 3.8) is 0 Å². The Labute approximate surface area is 567 Å². The summed E-state index contributed by atoms with van der Waals surface area (Å²) in [5.41, 5.74) is -1.50. The molecule has 6 aliphatic rings. The molecule has 3 heterocycles. The maximum Gasteiger partial charge on any atom is 0.248 e. The number of hydrogen-bond acceptors (Lipinski definition) is 13. The summed E-state index contributed by atoms with van der Waals surface area (Å²) in [5, 5.41) is 7.97. The normalized spacial score (nSPS) is 30.7. The van der Waals surface area contributed by atoms with Gasteiger partial charge in [-0.2, -0.15) is 0 Å². The van der Waals surface area contributed by atoms with Crippen molar-refractivity contribution in [3.8, 4) is 0 Å². The first-order valence-electron chi connectivity index (χ1n) is 34.5. The van der Waals surface area contributed by atoms with Gasteiger partial charge >= 0.3 is 0 Å². The van der Waals surface area contributed by atoms with Gasteiger partial charge in [0.25, 0.3) is 0 Å². The van der Waals surface area contributed by atoms with Gasteiger partial charge in [0.1, 0.15) is 47.8 Å². The number of halogens is 2. The summed E-state index contributed by atoms with van der Waals surface area (Å²) < 4.78 is 5.71. The Morgan fingerprint density at radius 3 is 1.85 bits per heavy atom. The molecule has 25 nitrogen and oxygen atoms in total. The van der Waals surface area contributed by atoms with Crippen molar-refractivity contribution in [1.29, 1.82) is 0 Å². The number of amides is 12.